The highest BCUT2D eigenvalue weighted by Gasteiger charge is 2.25. The lowest BCUT2D eigenvalue weighted by Gasteiger charge is -2.18. The summed E-state index contributed by atoms with van der Waals surface area (Å²) < 4.78 is 26.4. The fraction of sp³-hybridized carbons (Fsp3) is 0.235. The minimum atomic E-state index is -3.82. The summed E-state index contributed by atoms with van der Waals surface area (Å²) in [6, 6.07) is 8.53. The smallest absolute Gasteiger partial charge is 0.272 e. The van der Waals surface area contributed by atoms with E-state index in [9.17, 15) is 18.5 Å². The number of halogens is 2. The van der Waals surface area contributed by atoms with Gasteiger partial charge in [-0.05, 0) is 24.3 Å². The number of anilines is 1. The molecule has 0 aliphatic heterocycles. The Hall–Kier alpha value is -2.20. The van der Waals surface area contributed by atoms with Gasteiger partial charge >= 0.3 is 0 Å². The zero-order valence-corrected chi connectivity index (χ0v) is 17.4. The van der Waals surface area contributed by atoms with Gasteiger partial charge in [-0.3, -0.25) is 15.5 Å². The lowest BCUT2D eigenvalue weighted by molar-refractivity contribution is -0.384. The Morgan fingerprint density at radius 2 is 1.79 bits per heavy atom. The average Bonchev–Trinajstić information content (AvgIpc) is 2.64. The third-order valence-electron chi connectivity index (χ3n) is 3.89. The topological polar surface area (TPSA) is 105 Å². The first-order chi connectivity index (χ1) is 13.2. The van der Waals surface area contributed by atoms with E-state index < -0.39 is 20.6 Å². The van der Waals surface area contributed by atoms with Gasteiger partial charge in [-0.15, -0.1) is 0 Å². The van der Waals surface area contributed by atoms with Crippen molar-refractivity contribution in [2.24, 2.45) is 5.10 Å². The summed E-state index contributed by atoms with van der Waals surface area (Å²) in [6.45, 7) is 3.91. The molecule has 0 aromatic heterocycles. The first kappa shape index (κ1) is 22.1. The second-order valence-electron chi connectivity index (χ2n) is 5.53. The van der Waals surface area contributed by atoms with Crippen molar-refractivity contribution in [1.82, 2.24) is 4.31 Å². The van der Waals surface area contributed by atoms with E-state index >= 15 is 0 Å². The van der Waals surface area contributed by atoms with E-state index in [1.54, 1.807) is 32.0 Å². The predicted octanol–water partition coefficient (Wildman–Crippen LogP) is 4.38. The van der Waals surface area contributed by atoms with Gasteiger partial charge in [0.2, 0.25) is 10.0 Å². The molecule has 0 fully saturated rings. The highest BCUT2D eigenvalue weighted by Crippen LogP contribution is 2.29. The molecule has 0 aliphatic carbocycles. The molecule has 2 aromatic rings. The van der Waals surface area contributed by atoms with Crippen LogP contribution in [0.4, 0.5) is 11.4 Å². The number of rotatable bonds is 8. The van der Waals surface area contributed by atoms with E-state index in [2.05, 4.69) is 10.5 Å². The van der Waals surface area contributed by atoms with Gasteiger partial charge in [0.1, 0.15) is 5.69 Å². The van der Waals surface area contributed by atoms with Gasteiger partial charge in [-0.1, -0.05) is 43.1 Å². The van der Waals surface area contributed by atoms with E-state index in [0.717, 1.165) is 6.07 Å². The number of nitro groups is 1. The fourth-order valence-corrected chi connectivity index (χ4v) is 4.40. The van der Waals surface area contributed by atoms with Crippen LogP contribution in [0.5, 0.6) is 0 Å². The van der Waals surface area contributed by atoms with Gasteiger partial charge in [0.05, 0.1) is 26.1 Å². The largest absolute Gasteiger partial charge is 0.295 e. The van der Waals surface area contributed by atoms with Crippen molar-refractivity contribution in [3.8, 4) is 0 Å². The number of nitrogens with zero attached hydrogens (tertiary/aromatic N) is 3. The Balaban J connectivity index is 2.36. The van der Waals surface area contributed by atoms with Gasteiger partial charge in [0.15, 0.2) is 0 Å². The van der Waals surface area contributed by atoms with Crippen molar-refractivity contribution >= 4 is 50.8 Å². The maximum Gasteiger partial charge on any atom is 0.295 e. The highest BCUT2D eigenvalue weighted by molar-refractivity contribution is 7.89. The summed E-state index contributed by atoms with van der Waals surface area (Å²) in [5, 5.41) is 16.1. The standard InChI is InChI=1S/C17H18Cl2N4O4S/c1-3-22(4-2)28(26,27)12-8-9-16(17(10-12)23(24)25)21-20-11-13-14(18)6-5-7-15(13)19/h5-11,21H,3-4H2,1-2H3. The molecule has 0 unspecified atom stereocenters. The highest BCUT2D eigenvalue weighted by atomic mass is 35.5. The molecule has 11 heteroatoms. The van der Waals surface area contributed by atoms with Crippen LogP contribution in [0, 0.1) is 10.1 Å². The number of benzene rings is 2. The van der Waals surface area contributed by atoms with E-state index in [4.69, 9.17) is 23.2 Å². The molecule has 0 radical (unpaired) electrons. The Kier molecular flexibility index (Phi) is 7.36. The first-order valence-electron chi connectivity index (χ1n) is 8.24. The Morgan fingerprint density at radius 3 is 2.32 bits per heavy atom. The number of nitro benzene ring substituents is 1. The number of nitrogens with one attached hydrogen (secondary N) is 1. The molecule has 8 nitrogen and oxygen atoms in total. The Labute approximate surface area is 173 Å². The molecule has 0 saturated heterocycles. The van der Waals surface area contributed by atoms with E-state index in [0.29, 0.717) is 15.6 Å². The third kappa shape index (κ3) is 4.79. The molecule has 150 valence electrons. The number of hydrazone groups is 1. The molecule has 28 heavy (non-hydrogen) atoms. The summed E-state index contributed by atoms with van der Waals surface area (Å²) in [6.07, 6.45) is 1.33. The van der Waals surface area contributed by atoms with Gasteiger partial charge in [-0.2, -0.15) is 9.41 Å². The average molecular weight is 445 g/mol. The molecule has 2 aromatic carbocycles. The first-order valence-corrected chi connectivity index (χ1v) is 10.4. The van der Waals surface area contributed by atoms with Crippen molar-refractivity contribution in [2.45, 2.75) is 18.7 Å². The summed E-state index contributed by atoms with van der Waals surface area (Å²) in [5.41, 5.74) is 2.59. The SMILES string of the molecule is CCN(CC)S(=O)(=O)c1ccc(NN=Cc2c(Cl)cccc2Cl)c([N+](=O)[O-])c1. The lowest BCUT2D eigenvalue weighted by Crippen LogP contribution is -2.30. The summed E-state index contributed by atoms with van der Waals surface area (Å²) in [4.78, 5) is 10.6. The van der Waals surface area contributed by atoms with Crippen LogP contribution in [0.15, 0.2) is 46.4 Å². The van der Waals surface area contributed by atoms with Gasteiger partial charge in [-0.25, -0.2) is 8.42 Å². The minimum absolute atomic E-state index is 0.0305. The molecule has 1 N–H and O–H groups in total. The van der Waals surface area contributed by atoms with Crippen LogP contribution in [0.25, 0.3) is 0 Å². The molecule has 0 saturated carbocycles. The molecule has 0 aliphatic rings. The van der Waals surface area contributed by atoms with Gasteiger partial charge in [0, 0.05) is 24.7 Å². The molecule has 0 bridgehead atoms. The second-order valence-corrected chi connectivity index (χ2v) is 8.28. The van der Waals surface area contributed by atoms with Crippen LogP contribution in [-0.4, -0.2) is 37.0 Å². The van der Waals surface area contributed by atoms with Crippen molar-refractivity contribution < 1.29 is 13.3 Å². The van der Waals surface area contributed by atoms with Gasteiger partial charge < -0.3 is 0 Å². The molecule has 0 amide bonds. The second kappa shape index (κ2) is 9.33. The Bertz CT molecular complexity index is 988. The van der Waals surface area contributed by atoms with Crippen LogP contribution in [0.1, 0.15) is 19.4 Å². The third-order valence-corrected chi connectivity index (χ3v) is 6.59. The maximum absolute atomic E-state index is 12.6. The minimum Gasteiger partial charge on any atom is -0.272 e. The van der Waals surface area contributed by atoms with E-state index in [1.165, 1.54) is 22.7 Å². The van der Waals surface area contributed by atoms with Crippen LogP contribution in [-0.2, 0) is 10.0 Å². The van der Waals surface area contributed by atoms with Crippen molar-refractivity contribution in [3.05, 3.63) is 62.1 Å². The van der Waals surface area contributed by atoms with Crippen LogP contribution in [0.3, 0.4) is 0 Å². The predicted molar refractivity (Wildman–Crippen MR) is 111 cm³/mol. The molecule has 0 atom stereocenters. The maximum atomic E-state index is 12.6. The zero-order valence-electron chi connectivity index (χ0n) is 15.1. The van der Waals surface area contributed by atoms with Crippen molar-refractivity contribution in [2.75, 3.05) is 18.5 Å². The lowest BCUT2D eigenvalue weighted by atomic mass is 10.2. The molecular formula is C17H18Cl2N4O4S. The number of sulfonamides is 1. The fourth-order valence-electron chi connectivity index (χ4n) is 2.43. The molecular weight excluding hydrogens is 427 g/mol. The van der Waals surface area contributed by atoms with E-state index in [-0.39, 0.29) is 23.7 Å². The van der Waals surface area contributed by atoms with Crippen molar-refractivity contribution in [1.29, 1.82) is 0 Å². The summed E-state index contributed by atoms with van der Waals surface area (Å²) in [5.74, 6) is 0. The van der Waals surface area contributed by atoms with Crippen LogP contribution >= 0.6 is 23.2 Å². The molecule has 0 spiro atoms. The Morgan fingerprint density at radius 1 is 1.18 bits per heavy atom. The molecule has 2 rings (SSSR count). The monoisotopic (exact) mass is 444 g/mol. The van der Waals surface area contributed by atoms with Crippen LogP contribution < -0.4 is 5.43 Å². The quantitative estimate of drug-likeness (QED) is 0.369. The molecule has 0 heterocycles. The van der Waals surface area contributed by atoms with Crippen LogP contribution in [0.2, 0.25) is 10.0 Å². The zero-order chi connectivity index (χ0) is 20.9. The van der Waals surface area contributed by atoms with Gasteiger partial charge in [0.25, 0.3) is 5.69 Å². The summed E-state index contributed by atoms with van der Waals surface area (Å²) >= 11 is 12.1. The van der Waals surface area contributed by atoms with E-state index in [1.807, 2.05) is 0 Å². The van der Waals surface area contributed by atoms with Crippen molar-refractivity contribution in [3.63, 3.8) is 0 Å². The normalized spacial score (nSPS) is 11.9. The number of hydrogen-bond acceptors (Lipinski definition) is 6. The number of hydrogen-bond donors (Lipinski definition) is 1. The summed E-state index contributed by atoms with van der Waals surface area (Å²) in [7, 11) is -3.82.